The maximum atomic E-state index is 5.69. The number of allylic oxidation sites excluding steroid dienone is 2. The first-order valence-corrected chi connectivity index (χ1v) is 7.37. The number of rotatable bonds is 9. The second-order valence-electron chi connectivity index (χ2n) is 5.07. The average molecular weight is 260 g/mol. The summed E-state index contributed by atoms with van der Waals surface area (Å²) in [6.45, 7) is 3.76. The van der Waals surface area contributed by atoms with Gasteiger partial charge in [0, 0.05) is 0 Å². The van der Waals surface area contributed by atoms with Gasteiger partial charge in [-0.1, -0.05) is 44.1 Å². The molecular formula is C17H24O2. The quantitative estimate of drug-likeness (QED) is 0.378. The predicted octanol–water partition coefficient (Wildman–Crippen LogP) is 4.14. The lowest BCUT2D eigenvalue weighted by atomic mass is 10.1. The van der Waals surface area contributed by atoms with Crippen LogP contribution in [-0.2, 0) is 11.2 Å². The average Bonchev–Trinajstić information content (AvgIpc) is 3.25. The normalized spacial score (nSPS) is 17.8. The molecule has 1 fully saturated rings. The molecule has 2 rings (SSSR count). The zero-order chi connectivity index (χ0) is 13.3. The summed E-state index contributed by atoms with van der Waals surface area (Å²) in [5, 5.41) is 0. The first kappa shape index (κ1) is 14.1. The van der Waals surface area contributed by atoms with Gasteiger partial charge in [-0.25, -0.2) is 0 Å². The van der Waals surface area contributed by atoms with Gasteiger partial charge in [-0.3, -0.25) is 0 Å². The number of epoxide rings is 1. The Morgan fingerprint density at radius 1 is 1.32 bits per heavy atom. The molecule has 1 unspecified atom stereocenters. The van der Waals surface area contributed by atoms with Crippen molar-refractivity contribution in [2.45, 2.75) is 45.1 Å². The molecule has 1 aromatic carbocycles. The lowest BCUT2D eigenvalue weighted by Crippen LogP contribution is -2.04. The summed E-state index contributed by atoms with van der Waals surface area (Å²) >= 11 is 0. The molecule has 0 saturated carbocycles. The van der Waals surface area contributed by atoms with Gasteiger partial charge >= 0.3 is 0 Å². The Balaban J connectivity index is 1.69. The molecule has 2 nitrogen and oxygen atoms in total. The molecule has 0 bridgehead atoms. The fraction of sp³-hybridized carbons (Fsp3) is 0.529. The van der Waals surface area contributed by atoms with Crippen molar-refractivity contribution in [2.75, 3.05) is 13.2 Å². The van der Waals surface area contributed by atoms with Gasteiger partial charge in [-0.15, -0.1) is 0 Å². The van der Waals surface area contributed by atoms with Crippen LogP contribution in [-0.4, -0.2) is 19.3 Å². The van der Waals surface area contributed by atoms with Crippen molar-refractivity contribution >= 4 is 0 Å². The monoisotopic (exact) mass is 260 g/mol. The van der Waals surface area contributed by atoms with E-state index in [9.17, 15) is 0 Å². The Kier molecular flexibility index (Phi) is 5.96. The summed E-state index contributed by atoms with van der Waals surface area (Å²) in [5.41, 5.74) is 1.34. The van der Waals surface area contributed by atoms with Crippen LogP contribution in [0.25, 0.3) is 0 Å². The smallest absolute Gasteiger partial charge is 0.119 e. The van der Waals surface area contributed by atoms with E-state index in [4.69, 9.17) is 9.47 Å². The molecule has 1 aliphatic rings. The minimum absolute atomic E-state index is 0.324. The van der Waals surface area contributed by atoms with E-state index < -0.39 is 0 Å². The molecule has 104 valence electrons. The molecule has 0 aliphatic carbocycles. The Labute approximate surface area is 116 Å². The fourth-order valence-electron chi connectivity index (χ4n) is 1.95. The number of hydrogen-bond donors (Lipinski definition) is 0. The van der Waals surface area contributed by atoms with Crippen LogP contribution in [0, 0.1) is 0 Å². The Morgan fingerprint density at radius 3 is 2.95 bits per heavy atom. The van der Waals surface area contributed by atoms with Gasteiger partial charge in [-0.05, 0) is 37.0 Å². The first-order chi connectivity index (χ1) is 9.38. The van der Waals surface area contributed by atoms with Crippen LogP contribution in [0.3, 0.4) is 0 Å². The highest BCUT2D eigenvalue weighted by molar-refractivity contribution is 5.28. The van der Waals surface area contributed by atoms with Crippen molar-refractivity contribution in [3.05, 3.63) is 42.0 Å². The highest BCUT2D eigenvalue weighted by Gasteiger charge is 2.22. The van der Waals surface area contributed by atoms with Crippen molar-refractivity contribution < 1.29 is 9.47 Å². The van der Waals surface area contributed by atoms with Crippen LogP contribution >= 0.6 is 0 Å². The molecule has 1 aliphatic heterocycles. The van der Waals surface area contributed by atoms with Crippen molar-refractivity contribution in [3.8, 4) is 5.75 Å². The number of hydrogen-bond acceptors (Lipinski definition) is 2. The van der Waals surface area contributed by atoms with Gasteiger partial charge in [0.1, 0.15) is 18.5 Å². The van der Waals surface area contributed by atoms with Crippen molar-refractivity contribution in [1.29, 1.82) is 0 Å². The van der Waals surface area contributed by atoms with Crippen molar-refractivity contribution in [1.82, 2.24) is 0 Å². The van der Waals surface area contributed by atoms with Gasteiger partial charge in [0.05, 0.1) is 6.61 Å². The molecular weight excluding hydrogens is 236 g/mol. The second kappa shape index (κ2) is 8.00. The van der Waals surface area contributed by atoms with Gasteiger partial charge in [0.25, 0.3) is 0 Å². The summed E-state index contributed by atoms with van der Waals surface area (Å²) in [7, 11) is 0. The summed E-state index contributed by atoms with van der Waals surface area (Å²) in [4.78, 5) is 0. The lowest BCUT2D eigenvalue weighted by molar-refractivity contribution is 0.263. The Bertz CT molecular complexity index is 394. The topological polar surface area (TPSA) is 21.8 Å². The molecule has 1 saturated heterocycles. The highest BCUT2D eigenvalue weighted by Crippen LogP contribution is 2.17. The van der Waals surface area contributed by atoms with Crippen LogP contribution in [0.2, 0.25) is 0 Å². The van der Waals surface area contributed by atoms with E-state index in [2.05, 4.69) is 37.3 Å². The molecule has 1 aromatic rings. The summed E-state index contributed by atoms with van der Waals surface area (Å²) in [5.74, 6) is 0.961. The van der Waals surface area contributed by atoms with E-state index in [0.29, 0.717) is 12.7 Å². The zero-order valence-corrected chi connectivity index (χ0v) is 11.8. The SMILES string of the molecule is CCCC/C=C/CCc1cccc(OCC2CO2)c1. The fourth-order valence-corrected chi connectivity index (χ4v) is 1.95. The van der Waals surface area contributed by atoms with Gasteiger partial charge < -0.3 is 9.47 Å². The van der Waals surface area contributed by atoms with E-state index in [1.165, 1.54) is 24.8 Å². The van der Waals surface area contributed by atoms with Crippen LogP contribution in [0.15, 0.2) is 36.4 Å². The zero-order valence-electron chi connectivity index (χ0n) is 11.8. The predicted molar refractivity (Wildman–Crippen MR) is 78.7 cm³/mol. The van der Waals surface area contributed by atoms with Crippen LogP contribution in [0.5, 0.6) is 5.75 Å². The van der Waals surface area contributed by atoms with Gasteiger partial charge in [-0.2, -0.15) is 0 Å². The molecule has 19 heavy (non-hydrogen) atoms. The summed E-state index contributed by atoms with van der Waals surface area (Å²) in [6, 6.07) is 8.39. The van der Waals surface area contributed by atoms with E-state index in [0.717, 1.165) is 25.2 Å². The molecule has 0 amide bonds. The van der Waals surface area contributed by atoms with E-state index in [1.807, 2.05) is 6.07 Å². The van der Waals surface area contributed by atoms with Crippen molar-refractivity contribution in [3.63, 3.8) is 0 Å². The number of unbranched alkanes of at least 4 members (excludes halogenated alkanes) is 2. The summed E-state index contributed by atoms with van der Waals surface area (Å²) in [6.07, 6.45) is 10.9. The minimum Gasteiger partial charge on any atom is -0.491 e. The maximum absolute atomic E-state index is 5.69. The molecule has 1 atom stereocenters. The van der Waals surface area contributed by atoms with E-state index >= 15 is 0 Å². The third-order valence-electron chi connectivity index (χ3n) is 3.23. The standard InChI is InChI=1S/C17H24O2/c1-2-3-4-5-6-7-9-15-10-8-11-16(12-15)18-13-17-14-19-17/h5-6,8,10-12,17H,2-4,7,9,13-14H2,1H3/b6-5+. The number of benzene rings is 1. The highest BCUT2D eigenvalue weighted by atomic mass is 16.6. The summed E-state index contributed by atoms with van der Waals surface area (Å²) < 4.78 is 10.8. The van der Waals surface area contributed by atoms with Crippen molar-refractivity contribution in [2.24, 2.45) is 0 Å². The Hall–Kier alpha value is -1.28. The van der Waals surface area contributed by atoms with Crippen LogP contribution in [0.4, 0.5) is 0 Å². The molecule has 2 heteroatoms. The van der Waals surface area contributed by atoms with Gasteiger partial charge in [0.2, 0.25) is 0 Å². The van der Waals surface area contributed by atoms with E-state index in [-0.39, 0.29) is 0 Å². The van der Waals surface area contributed by atoms with Crippen LogP contribution < -0.4 is 4.74 Å². The molecule has 0 aromatic heterocycles. The second-order valence-corrected chi connectivity index (χ2v) is 5.07. The minimum atomic E-state index is 0.324. The van der Waals surface area contributed by atoms with Crippen LogP contribution in [0.1, 0.15) is 38.2 Å². The maximum Gasteiger partial charge on any atom is 0.119 e. The molecule has 0 radical (unpaired) electrons. The molecule has 0 N–H and O–H groups in total. The number of aryl methyl sites for hydroxylation is 1. The number of ether oxygens (including phenoxy) is 2. The Morgan fingerprint density at radius 2 is 2.16 bits per heavy atom. The van der Waals surface area contributed by atoms with Gasteiger partial charge in [0.15, 0.2) is 0 Å². The molecule has 0 spiro atoms. The lowest BCUT2D eigenvalue weighted by Gasteiger charge is -2.06. The largest absolute Gasteiger partial charge is 0.491 e. The third kappa shape index (κ3) is 5.93. The first-order valence-electron chi connectivity index (χ1n) is 7.37. The third-order valence-corrected chi connectivity index (χ3v) is 3.23. The molecule has 1 heterocycles. The van der Waals surface area contributed by atoms with E-state index in [1.54, 1.807) is 0 Å².